The summed E-state index contributed by atoms with van der Waals surface area (Å²) in [5.41, 5.74) is 1.03. The first-order chi connectivity index (χ1) is 17.5. The topological polar surface area (TPSA) is 105 Å². The molecule has 3 atom stereocenters. The summed E-state index contributed by atoms with van der Waals surface area (Å²) in [6.07, 6.45) is 13.4. The highest BCUT2D eigenvalue weighted by Gasteiger charge is 2.27. The normalized spacial score (nSPS) is 23.4. The number of esters is 1. The summed E-state index contributed by atoms with van der Waals surface area (Å²) in [6, 6.07) is 9.04. The van der Waals surface area contributed by atoms with Crippen molar-refractivity contribution in [1.82, 2.24) is 10.6 Å². The van der Waals surface area contributed by atoms with Gasteiger partial charge in [0.25, 0.3) is 0 Å². The summed E-state index contributed by atoms with van der Waals surface area (Å²) in [5, 5.41) is 15.8. The van der Waals surface area contributed by atoms with Crippen LogP contribution in [0.4, 0.5) is 0 Å². The summed E-state index contributed by atoms with van der Waals surface area (Å²) in [4.78, 5) is 38.4. The maximum atomic E-state index is 13.3. The van der Waals surface area contributed by atoms with E-state index in [0.717, 1.165) is 31.2 Å². The van der Waals surface area contributed by atoms with Crippen LogP contribution in [0.2, 0.25) is 0 Å². The number of allylic oxidation sites excluding steroid dienone is 2. The van der Waals surface area contributed by atoms with Crippen LogP contribution in [0, 0.1) is 11.8 Å². The Morgan fingerprint density at radius 2 is 1.86 bits per heavy atom. The van der Waals surface area contributed by atoms with Crippen molar-refractivity contribution in [3.05, 3.63) is 48.0 Å². The molecule has 1 heterocycles. The maximum Gasteiger partial charge on any atom is 0.305 e. The number of aliphatic hydroxyl groups excluding tert-OH is 1. The molecule has 0 saturated heterocycles. The van der Waals surface area contributed by atoms with E-state index in [2.05, 4.69) is 10.6 Å². The number of carbonyl (C=O) groups excluding carboxylic acids is 3. The van der Waals surface area contributed by atoms with Gasteiger partial charge in [-0.1, -0.05) is 74.6 Å². The second-order valence-corrected chi connectivity index (χ2v) is 10.3. The lowest BCUT2D eigenvalue weighted by Crippen LogP contribution is -2.45. The first-order valence-electron chi connectivity index (χ1n) is 13.6. The minimum Gasteiger partial charge on any atom is -0.463 e. The van der Waals surface area contributed by atoms with Gasteiger partial charge in [-0.15, -0.1) is 0 Å². The van der Waals surface area contributed by atoms with Crippen molar-refractivity contribution in [1.29, 1.82) is 0 Å². The highest BCUT2D eigenvalue weighted by molar-refractivity contribution is 5.86. The van der Waals surface area contributed by atoms with E-state index in [1.54, 1.807) is 0 Å². The molecule has 1 aromatic carbocycles. The molecule has 1 fully saturated rings. The number of benzene rings is 1. The Bertz CT molecular complexity index is 850. The molecule has 0 unspecified atom stereocenters. The lowest BCUT2D eigenvalue weighted by molar-refractivity contribution is -0.145. The quantitative estimate of drug-likeness (QED) is 0.373. The lowest BCUT2D eigenvalue weighted by Gasteiger charge is -2.28. The van der Waals surface area contributed by atoms with E-state index in [4.69, 9.17) is 4.74 Å². The Labute approximate surface area is 215 Å². The second-order valence-electron chi connectivity index (χ2n) is 10.3. The van der Waals surface area contributed by atoms with Crippen LogP contribution >= 0.6 is 0 Å². The van der Waals surface area contributed by atoms with Gasteiger partial charge >= 0.3 is 5.97 Å². The zero-order valence-corrected chi connectivity index (χ0v) is 21.3. The van der Waals surface area contributed by atoms with Gasteiger partial charge in [0, 0.05) is 12.8 Å². The molecular formula is C29H42N2O5. The maximum absolute atomic E-state index is 13.3. The summed E-state index contributed by atoms with van der Waals surface area (Å²) < 4.78 is 5.51. The molecule has 3 rings (SSSR count). The number of aliphatic hydroxyl groups is 1. The van der Waals surface area contributed by atoms with Crippen LogP contribution in [-0.2, 0) is 25.5 Å². The molecule has 7 nitrogen and oxygen atoms in total. The van der Waals surface area contributed by atoms with Gasteiger partial charge in [-0.05, 0) is 43.6 Å². The number of hydrogen-bond acceptors (Lipinski definition) is 5. The third-order valence-electron chi connectivity index (χ3n) is 7.19. The molecule has 0 radical (unpaired) electrons. The van der Waals surface area contributed by atoms with Gasteiger partial charge in [0.1, 0.15) is 6.61 Å². The molecule has 1 saturated carbocycles. The van der Waals surface area contributed by atoms with E-state index in [1.807, 2.05) is 42.5 Å². The number of amides is 2. The van der Waals surface area contributed by atoms with Gasteiger partial charge in [-0.3, -0.25) is 14.4 Å². The average molecular weight is 499 g/mol. The number of cyclic esters (lactones) is 1. The average Bonchev–Trinajstić information content (AvgIpc) is 2.89. The highest BCUT2D eigenvalue weighted by atomic mass is 16.5. The third-order valence-corrected chi connectivity index (χ3v) is 7.19. The first-order valence-corrected chi connectivity index (χ1v) is 13.6. The van der Waals surface area contributed by atoms with Gasteiger partial charge in [0.2, 0.25) is 11.8 Å². The minimum atomic E-state index is -0.525. The van der Waals surface area contributed by atoms with E-state index in [1.165, 1.54) is 19.3 Å². The van der Waals surface area contributed by atoms with Gasteiger partial charge < -0.3 is 20.5 Å². The van der Waals surface area contributed by atoms with E-state index >= 15 is 0 Å². The highest BCUT2D eigenvalue weighted by Crippen LogP contribution is 2.28. The van der Waals surface area contributed by atoms with Gasteiger partial charge in [-0.25, -0.2) is 0 Å². The third kappa shape index (κ3) is 10.1. The standard InChI is InChI=1S/C29H42N2O5/c32-20-25(17-22-11-5-3-6-12-22)30-27(33)19-24-15-9-1-2-10-16-28(34)36-21-26(31-29(24)35)18-23-13-7-4-8-14-23/h1,3,5-6,9,11-12,23-26,32H,2,4,7-8,10,13-21H2,(H,30,33)(H,31,35)/t24-,25+,26+/m1/s1. The van der Waals surface area contributed by atoms with E-state index in [9.17, 15) is 19.5 Å². The molecule has 1 aromatic rings. The molecule has 1 aliphatic carbocycles. The Balaban J connectivity index is 1.63. The Kier molecular flexibility index (Phi) is 12.0. The molecule has 3 N–H and O–H groups in total. The van der Waals surface area contributed by atoms with Crippen LogP contribution in [0.1, 0.15) is 76.2 Å². The minimum absolute atomic E-state index is 0.0391. The SMILES string of the molecule is O=C(C[C@H]1CC=CCCCC(=O)OC[C@H](CC2CCCCC2)NC1=O)N[C@H](CO)Cc1ccccc1. The van der Waals surface area contributed by atoms with Crippen LogP contribution in [0.5, 0.6) is 0 Å². The summed E-state index contributed by atoms with van der Waals surface area (Å²) >= 11 is 0. The summed E-state index contributed by atoms with van der Waals surface area (Å²) in [6.45, 7) is 0.00328. The number of ether oxygens (including phenoxy) is 1. The Hall–Kier alpha value is -2.67. The van der Waals surface area contributed by atoms with Crippen LogP contribution in [-0.4, -0.2) is 48.2 Å². The van der Waals surface area contributed by atoms with Crippen molar-refractivity contribution < 1.29 is 24.2 Å². The fourth-order valence-corrected chi connectivity index (χ4v) is 5.17. The molecule has 2 amide bonds. The molecule has 198 valence electrons. The number of carbonyl (C=O) groups is 3. The number of hydrogen-bond donors (Lipinski definition) is 3. The Morgan fingerprint density at radius 3 is 2.61 bits per heavy atom. The van der Waals surface area contributed by atoms with E-state index in [0.29, 0.717) is 31.6 Å². The molecule has 7 heteroatoms. The zero-order valence-electron chi connectivity index (χ0n) is 21.3. The van der Waals surface area contributed by atoms with Gasteiger partial charge in [0.05, 0.1) is 24.6 Å². The lowest BCUT2D eigenvalue weighted by atomic mass is 9.84. The van der Waals surface area contributed by atoms with Gasteiger partial charge in [-0.2, -0.15) is 0 Å². The molecule has 0 bridgehead atoms. The van der Waals surface area contributed by atoms with Crippen LogP contribution in [0.3, 0.4) is 0 Å². The second kappa shape index (κ2) is 15.4. The van der Waals surface area contributed by atoms with Crippen LogP contribution in [0.15, 0.2) is 42.5 Å². The monoisotopic (exact) mass is 498 g/mol. The van der Waals surface area contributed by atoms with Crippen molar-refractivity contribution in [3.8, 4) is 0 Å². The van der Waals surface area contributed by atoms with E-state index in [-0.39, 0.29) is 43.5 Å². The Morgan fingerprint density at radius 1 is 1.08 bits per heavy atom. The van der Waals surface area contributed by atoms with Crippen molar-refractivity contribution >= 4 is 17.8 Å². The smallest absolute Gasteiger partial charge is 0.305 e. The van der Waals surface area contributed by atoms with Crippen molar-refractivity contribution in [2.75, 3.05) is 13.2 Å². The fourth-order valence-electron chi connectivity index (χ4n) is 5.17. The van der Waals surface area contributed by atoms with Crippen molar-refractivity contribution in [3.63, 3.8) is 0 Å². The summed E-state index contributed by atoms with van der Waals surface area (Å²) in [5.74, 6) is -0.673. The predicted octanol–water partition coefficient (Wildman–Crippen LogP) is 3.84. The van der Waals surface area contributed by atoms with Crippen LogP contribution in [0.25, 0.3) is 0 Å². The fraction of sp³-hybridized carbons (Fsp3) is 0.621. The molecule has 0 aromatic heterocycles. The number of rotatable bonds is 8. The van der Waals surface area contributed by atoms with Crippen molar-refractivity contribution in [2.24, 2.45) is 11.8 Å². The number of nitrogens with one attached hydrogen (secondary N) is 2. The molecule has 36 heavy (non-hydrogen) atoms. The van der Waals surface area contributed by atoms with E-state index < -0.39 is 12.0 Å². The largest absolute Gasteiger partial charge is 0.463 e. The molecule has 0 spiro atoms. The van der Waals surface area contributed by atoms with Crippen LogP contribution < -0.4 is 10.6 Å². The molecule has 2 aliphatic rings. The molecule has 1 aliphatic heterocycles. The van der Waals surface area contributed by atoms with Gasteiger partial charge in [0.15, 0.2) is 0 Å². The summed E-state index contributed by atoms with van der Waals surface area (Å²) in [7, 11) is 0. The van der Waals surface area contributed by atoms with Crippen molar-refractivity contribution in [2.45, 2.75) is 89.1 Å². The predicted molar refractivity (Wildman–Crippen MR) is 139 cm³/mol. The molecular weight excluding hydrogens is 456 g/mol. The zero-order chi connectivity index (χ0) is 25.6. The first kappa shape index (κ1) is 27.9.